The molecule has 0 spiro atoms. The molecule has 0 N–H and O–H groups in total. The van der Waals surface area contributed by atoms with Crippen LogP contribution in [0.15, 0.2) is 24.3 Å². The van der Waals surface area contributed by atoms with Crippen molar-refractivity contribution in [2.45, 2.75) is 26.2 Å². The Hall–Kier alpha value is -0.560. The summed E-state index contributed by atoms with van der Waals surface area (Å²) in [6.45, 7) is 4.28. The second-order valence-electron chi connectivity index (χ2n) is 3.70. The molecule has 1 aromatic carbocycles. The van der Waals surface area contributed by atoms with Gasteiger partial charge in [0.2, 0.25) is 0 Å². The minimum absolute atomic E-state index is 0.180. The van der Waals surface area contributed by atoms with Crippen LogP contribution in [0.4, 0.5) is 4.39 Å². The van der Waals surface area contributed by atoms with Gasteiger partial charge in [0, 0.05) is 11.8 Å². The summed E-state index contributed by atoms with van der Waals surface area (Å²) in [6, 6.07) is 6.74. The molecule has 0 aromatic heterocycles. The van der Waals surface area contributed by atoms with Crippen LogP contribution in [0.2, 0.25) is 0 Å². The van der Waals surface area contributed by atoms with Crippen molar-refractivity contribution in [2.24, 2.45) is 5.92 Å². The Morgan fingerprint density at radius 3 is 2.64 bits per heavy atom. The number of benzene rings is 1. The molecule has 1 rings (SSSR count). The molecule has 0 aliphatic heterocycles. The maximum absolute atomic E-state index is 13.0. The van der Waals surface area contributed by atoms with Gasteiger partial charge in [-0.15, -0.1) is 11.6 Å². The van der Waals surface area contributed by atoms with E-state index in [1.54, 1.807) is 12.1 Å². The first-order valence-corrected chi connectivity index (χ1v) is 5.54. The lowest BCUT2D eigenvalue weighted by atomic mass is 9.87. The second kappa shape index (κ2) is 5.35. The van der Waals surface area contributed by atoms with E-state index in [4.69, 9.17) is 11.6 Å². The minimum atomic E-state index is -0.180. The molecule has 1 aromatic rings. The summed E-state index contributed by atoms with van der Waals surface area (Å²) in [6.07, 6.45) is 1.06. The van der Waals surface area contributed by atoms with Crippen molar-refractivity contribution >= 4 is 11.6 Å². The van der Waals surface area contributed by atoms with E-state index in [1.165, 1.54) is 6.07 Å². The van der Waals surface area contributed by atoms with Gasteiger partial charge < -0.3 is 0 Å². The summed E-state index contributed by atoms with van der Waals surface area (Å²) < 4.78 is 13.0. The SMILES string of the molecule is CCC(C)C(CCl)c1cccc(F)c1. The Kier molecular flexibility index (Phi) is 4.40. The summed E-state index contributed by atoms with van der Waals surface area (Å²) in [4.78, 5) is 0. The molecule has 0 amide bonds. The molecule has 0 heterocycles. The molecule has 2 unspecified atom stereocenters. The van der Waals surface area contributed by atoms with E-state index in [0.717, 1.165) is 12.0 Å². The normalized spacial score (nSPS) is 15.1. The summed E-state index contributed by atoms with van der Waals surface area (Å²) in [7, 11) is 0. The van der Waals surface area contributed by atoms with E-state index < -0.39 is 0 Å². The Balaban J connectivity index is 2.89. The first-order chi connectivity index (χ1) is 6.69. The third-order valence-electron chi connectivity index (χ3n) is 2.77. The van der Waals surface area contributed by atoms with E-state index in [0.29, 0.717) is 11.8 Å². The fourth-order valence-corrected chi connectivity index (χ4v) is 2.07. The average molecular weight is 215 g/mol. The minimum Gasteiger partial charge on any atom is -0.207 e. The van der Waals surface area contributed by atoms with Crippen LogP contribution in [-0.4, -0.2) is 5.88 Å². The largest absolute Gasteiger partial charge is 0.207 e. The molecule has 0 fully saturated rings. The third-order valence-corrected chi connectivity index (χ3v) is 3.11. The molecule has 0 saturated heterocycles. The van der Waals surface area contributed by atoms with Gasteiger partial charge >= 0.3 is 0 Å². The Morgan fingerprint density at radius 2 is 2.14 bits per heavy atom. The zero-order valence-corrected chi connectivity index (χ0v) is 9.39. The summed E-state index contributed by atoms with van der Waals surface area (Å²) >= 11 is 5.91. The lowest BCUT2D eigenvalue weighted by Gasteiger charge is -2.20. The molecule has 2 atom stereocenters. The van der Waals surface area contributed by atoms with Crippen LogP contribution in [0.3, 0.4) is 0 Å². The topological polar surface area (TPSA) is 0 Å². The second-order valence-corrected chi connectivity index (χ2v) is 4.01. The first kappa shape index (κ1) is 11.5. The average Bonchev–Trinajstić information content (AvgIpc) is 2.19. The highest BCUT2D eigenvalue weighted by Crippen LogP contribution is 2.28. The lowest BCUT2D eigenvalue weighted by Crippen LogP contribution is -2.10. The molecule has 0 nitrogen and oxygen atoms in total. The van der Waals surface area contributed by atoms with Crippen LogP contribution in [0.5, 0.6) is 0 Å². The van der Waals surface area contributed by atoms with Gasteiger partial charge in [-0.1, -0.05) is 32.4 Å². The molecule has 0 radical (unpaired) electrons. The van der Waals surface area contributed by atoms with Crippen LogP contribution in [0.1, 0.15) is 31.7 Å². The van der Waals surface area contributed by atoms with Crippen molar-refractivity contribution in [3.05, 3.63) is 35.6 Å². The molecular formula is C12H16ClF. The van der Waals surface area contributed by atoms with Crippen molar-refractivity contribution in [3.8, 4) is 0 Å². The van der Waals surface area contributed by atoms with Crippen molar-refractivity contribution in [2.75, 3.05) is 5.88 Å². The number of halogens is 2. The van der Waals surface area contributed by atoms with Gasteiger partial charge in [0.25, 0.3) is 0 Å². The lowest BCUT2D eigenvalue weighted by molar-refractivity contribution is 0.474. The Morgan fingerprint density at radius 1 is 1.43 bits per heavy atom. The van der Waals surface area contributed by atoms with Gasteiger partial charge in [0.15, 0.2) is 0 Å². The van der Waals surface area contributed by atoms with Crippen LogP contribution >= 0.6 is 11.6 Å². The zero-order valence-electron chi connectivity index (χ0n) is 8.63. The Labute approximate surface area is 90.1 Å². The van der Waals surface area contributed by atoms with E-state index in [9.17, 15) is 4.39 Å². The number of hydrogen-bond donors (Lipinski definition) is 0. The predicted octanol–water partition coefficient (Wildman–Crippen LogP) is 4.19. The van der Waals surface area contributed by atoms with Gasteiger partial charge in [-0.05, 0) is 23.6 Å². The zero-order chi connectivity index (χ0) is 10.6. The molecular weight excluding hydrogens is 199 g/mol. The summed E-state index contributed by atoms with van der Waals surface area (Å²) in [5.74, 6) is 1.13. The van der Waals surface area contributed by atoms with Gasteiger partial charge in [-0.25, -0.2) is 4.39 Å². The van der Waals surface area contributed by atoms with Crippen LogP contribution in [0.25, 0.3) is 0 Å². The highest BCUT2D eigenvalue weighted by Gasteiger charge is 2.16. The van der Waals surface area contributed by atoms with E-state index >= 15 is 0 Å². The molecule has 14 heavy (non-hydrogen) atoms. The van der Waals surface area contributed by atoms with Crippen molar-refractivity contribution in [3.63, 3.8) is 0 Å². The van der Waals surface area contributed by atoms with E-state index in [2.05, 4.69) is 13.8 Å². The molecule has 78 valence electrons. The molecule has 2 heteroatoms. The highest BCUT2D eigenvalue weighted by atomic mass is 35.5. The van der Waals surface area contributed by atoms with Gasteiger partial charge in [0.05, 0.1) is 0 Å². The third kappa shape index (κ3) is 2.71. The standard InChI is InChI=1S/C12H16ClF/c1-3-9(2)12(8-13)10-5-4-6-11(14)7-10/h4-7,9,12H,3,8H2,1-2H3. The van der Waals surface area contributed by atoms with Crippen LogP contribution in [-0.2, 0) is 0 Å². The quantitative estimate of drug-likeness (QED) is 0.660. The summed E-state index contributed by atoms with van der Waals surface area (Å²) in [5.41, 5.74) is 1.01. The number of hydrogen-bond acceptors (Lipinski definition) is 0. The van der Waals surface area contributed by atoms with Crippen molar-refractivity contribution < 1.29 is 4.39 Å². The fraction of sp³-hybridized carbons (Fsp3) is 0.500. The van der Waals surface area contributed by atoms with Gasteiger partial charge in [-0.2, -0.15) is 0 Å². The van der Waals surface area contributed by atoms with Crippen LogP contribution < -0.4 is 0 Å². The van der Waals surface area contributed by atoms with Crippen LogP contribution in [0, 0.1) is 11.7 Å². The molecule has 0 aliphatic rings. The number of rotatable bonds is 4. The van der Waals surface area contributed by atoms with Crippen molar-refractivity contribution in [1.82, 2.24) is 0 Å². The van der Waals surface area contributed by atoms with Gasteiger partial charge in [-0.3, -0.25) is 0 Å². The molecule has 0 bridgehead atoms. The molecule has 0 aliphatic carbocycles. The smallest absolute Gasteiger partial charge is 0.123 e. The maximum atomic E-state index is 13.0. The fourth-order valence-electron chi connectivity index (χ4n) is 1.59. The number of alkyl halides is 1. The molecule has 0 saturated carbocycles. The Bertz CT molecular complexity index is 285. The van der Waals surface area contributed by atoms with Crippen molar-refractivity contribution in [1.29, 1.82) is 0 Å². The monoisotopic (exact) mass is 214 g/mol. The first-order valence-electron chi connectivity index (χ1n) is 5.00. The van der Waals surface area contributed by atoms with Gasteiger partial charge in [0.1, 0.15) is 5.82 Å². The highest BCUT2D eigenvalue weighted by molar-refractivity contribution is 6.18. The predicted molar refractivity (Wildman–Crippen MR) is 59.3 cm³/mol. The summed E-state index contributed by atoms with van der Waals surface area (Å²) in [5, 5.41) is 0. The van der Waals surface area contributed by atoms with E-state index in [-0.39, 0.29) is 11.7 Å². The van der Waals surface area contributed by atoms with E-state index in [1.807, 2.05) is 6.07 Å². The maximum Gasteiger partial charge on any atom is 0.123 e.